The zero-order chi connectivity index (χ0) is 38.9. The van der Waals surface area contributed by atoms with E-state index in [9.17, 15) is 0 Å². The third-order valence-corrected chi connectivity index (χ3v) is 14.5. The predicted octanol–water partition coefficient (Wildman–Crippen LogP) is 16.8. The van der Waals surface area contributed by atoms with Gasteiger partial charge in [-0.3, -0.25) is 0 Å². The van der Waals surface area contributed by atoms with Gasteiger partial charge in [0.2, 0.25) is 0 Å². The van der Waals surface area contributed by atoms with Crippen LogP contribution < -0.4 is 4.90 Å². The van der Waals surface area contributed by atoms with Gasteiger partial charge in [0, 0.05) is 63.2 Å². The smallest absolute Gasteiger partial charge is 0.0542 e. The van der Waals surface area contributed by atoms with Crippen molar-refractivity contribution >= 4 is 95.9 Å². The second-order valence-corrected chi connectivity index (χ2v) is 17.8. The summed E-state index contributed by atoms with van der Waals surface area (Å²) in [5.41, 5.74) is 9.79. The Balaban J connectivity index is 1.08. The summed E-state index contributed by atoms with van der Waals surface area (Å²) in [5, 5.41) is 10.4. The average Bonchev–Trinajstić information content (AvgIpc) is 3.87. The molecule has 0 fully saturated rings. The van der Waals surface area contributed by atoms with Crippen molar-refractivity contribution in [1.82, 2.24) is 0 Å². The summed E-state index contributed by atoms with van der Waals surface area (Å²) in [6, 6.07) is 69.9. The van der Waals surface area contributed by atoms with Gasteiger partial charge in [-0.2, -0.15) is 0 Å². The number of hydrogen-bond acceptors (Lipinski definition) is 3. The Morgan fingerprint density at radius 1 is 0.424 bits per heavy atom. The summed E-state index contributed by atoms with van der Waals surface area (Å²) in [7, 11) is 0. The number of anilines is 2. The molecule has 1 aliphatic carbocycles. The predicted molar refractivity (Wildman–Crippen MR) is 258 cm³/mol. The molecule has 59 heavy (non-hydrogen) atoms. The number of hydrogen-bond donors (Lipinski definition) is 0. The second-order valence-electron chi connectivity index (χ2n) is 15.6. The third kappa shape index (κ3) is 5.80. The summed E-state index contributed by atoms with van der Waals surface area (Å²) in [4.78, 5) is 2.57. The quantitative estimate of drug-likeness (QED) is 0.152. The highest BCUT2D eigenvalue weighted by atomic mass is 32.1. The van der Waals surface area contributed by atoms with Crippen LogP contribution >= 0.6 is 22.7 Å². The molecular formula is C56H37NS2. The number of allylic oxidation sites excluding steroid dienone is 4. The summed E-state index contributed by atoms with van der Waals surface area (Å²) in [6.45, 7) is 0. The van der Waals surface area contributed by atoms with E-state index in [2.05, 4.69) is 211 Å². The first-order valence-electron chi connectivity index (χ1n) is 20.3. The van der Waals surface area contributed by atoms with Gasteiger partial charge in [0.15, 0.2) is 0 Å². The Kier molecular flexibility index (Phi) is 8.11. The van der Waals surface area contributed by atoms with E-state index in [1.54, 1.807) is 0 Å². The van der Waals surface area contributed by atoms with Crippen LogP contribution in [0.1, 0.15) is 17.9 Å². The fourth-order valence-electron chi connectivity index (χ4n) is 9.38. The summed E-state index contributed by atoms with van der Waals surface area (Å²) in [6.07, 6.45) is 7.89. The Morgan fingerprint density at radius 3 is 1.83 bits per heavy atom. The third-order valence-electron chi connectivity index (χ3n) is 12.2. The van der Waals surface area contributed by atoms with E-state index in [0.29, 0.717) is 0 Å². The van der Waals surface area contributed by atoms with Crippen LogP contribution in [0, 0.1) is 0 Å². The molecule has 0 N–H and O–H groups in total. The number of thiophene rings is 2. The van der Waals surface area contributed by atoms with Gasteiger partial charge in [-0.15, -0.1) is 22.7 Å². The van der Waals surface area contributed by atoms with Gasteiger partial charge in [0.1, 0.15) is 0 Å². The number of fused-ring (bicyclic) bond motifs is 9. The highest BCUT2D eigenvalue weighted by Gasteiger charge is 2.25. The number of rotatable bonds is 6. The van der Waals surface area contributed by atoms with Crippen LogP contribution in [-0.2, 0) is 0 Å². The molecule has 278 valence electrons. The fraction of sp³-hybridized carbons (Fsp3) is 0.0357. The van der Waals surface area contributed by atoms with Gasteiger partial charge >= 0.3 is 0 Å². The lowest BCUT2D eigenvalue weighted by Gasteiger charge is -2.33. The minimum absolute atomic E-state index is 0.221. The van der Waals surface area contributed by atoms with Crippen molar-refractivity contribution in [2.75, 3.05) is 4.90 Å². The van der Waals surface area contributed by atoms with Gasteiger partial charge in [-0.25, -0.2) is 0 Å². The molecule has 0 radical (unpaired) electrons. The van der Waals surface area contributed by atoms with Crippen LogP contribution in [0.5, 0.6) is 0 Å². The normalized spacial score (nSPS) is 14.2. The Hall–Kier alpha value is -6.78. The largest absolute Gasteiger partial charge is 0.314 e. The standard InChI is InChI=1S/C56H37NS2/c1-2-13-36(14-3-1)44-28-25-40(49-33-39-15-4-5-18-43(39)45-19-6-7-20-46(45)49)34-52(44)57(42-27-30-56-51(35-42)48-22-9-11-24-54(48)59-56)41-17-12-16-37(31-41)38-26-29-55-50(32-38)47-21-8-10-23-53(47)58-55/h1-30,32-35,37H,31H2. The molecule has 0 saturated carbocycles. The average molecular weight is 788 g/mol. The molecule has 1 aliphatic rings. The van der Waals surface area contributed by atoms with Crippen molar-refractivity contribution in [3.63, 3.8) is 0 Å². The maximum atomic E-state index is 2.57. The Morgan fingerprint density at radius 2 is 1.05 bits per heavy atom. The topological polar surface area (TPSA) is 3.24 Å². The van der Waals surface area contributed by atoms with Gasteiger partial charge in [-0.1, -0.05) is 146 Å². The van der Waals surface area contributed by atoms with Crippen LogP contribution in [0.4, 0.5) is 11.4 Å². The first kappa shape index (κ1) is 34.3. The monoisotopic (exact) mass is 787 g/mol. The molecule has 0 amide bonds. The summed E-state index contributed by atoms with van der Waals surface area (Å²) >= 11 is 3.75. The van der Waals surface area contributed by atoms with E-state index in [4.69, 9.17) is 0 Å². The first-order valence-corrected chi connectivity index (χ1v) is 22.0. The van der Waals surface area contributed by atoms with Gasteiger partial charge in [0.25, 0.3) is 0 Å². The zero-order valence-corrected chi connectivity index (χ0v) is 33.8. The molecule has 1 nitrogen and oxygen atoms in total. The highest BCUT2D eigenvalue weighted by Crippen LogP contribution is 2.47. The molecule has 9 aromatic carbocycles. The molecule has 1 atom stereocenters. The van der Waals surface area contributed by atoms with E-state index in [1.165, 1.54) is 107 Å². The van der Waals surface area contributed by atoms with E-state index in [1.807, 2.05) is 22.7 Å². The maximum absolute atomic E-state index is 2.57. The van der Waals surface area contributed by atoms with Crippen molar-refractivity contribution in [3.05, 3.63) is 218 Å². The van der Waals surface area contributed by atoms with Crippen molar-refractivity contribution < 1.29 is 0 Å². The maximum Gasteiger partial charge on any atom is 0.0542 e. The van der Waals surface area contributed by atoms with Crippen LogP contribution in [0.2, 0.25) is 0 Å². The van der Waals surface area contributed by atoms with E-state index in [0.717, 1.165) is 6.42 Å². The van der Waals surface area contributed by atoms with E-state index < -0.39 is 0 Å². The summed E-state index contributed by atoms with van der Waals surface area (Å²) in [5.74, 6) is 0.221. The minimum Gasteiger partial charge on any atom is -0.314 e. The lowest BCUT2D eigenvalue weighted by atomic mass is 9.88. The molecule has 3 heteroatoms. The molecule has 0 saturated heterocycles. The van der Waals surface area contributed by atoms with E-state index >= 15 is 0 Å². The molecule has 0 spiro atoms. The number of benzene rings is 9. The zero-order valence-electron chi connectivity index (χ0n) is 32.2. The van der Waals surface area contributed by atoms with Gasteiger partial charge in [-0.05, 0) is 111 Å². The Bertz CT molecular complexity index is 3490. The molecule has 11 aromatic rings. The van der Waals surface area contributed by atoms with Crippen LogP contribution in [-0.4, -0.2) is 0 Å². The minimum atomic E-state index is 0.221. The second kappa shape index (κ2) is 14.0. The van der Waals surface area contributed by atoms with Crippen molar-refractivity contribution in [3.8, 4) is 22.3 Å². The van der Waals surface area contributed by atoms with Gasteiger partial charge < -0.3 is 4.90 Å². The molecular weight excluding hydrogens is 751 g/mol. The number of nitrogens with zero attached hydrogens (tertiary/aromatic N) is 1. The van der Waals surface area contributed by atoms with Gasteiger partial charge in [0.05, 0.1) is 5.69 Å². The lowest BCUT2D eigenvalue weighted by Crippen LogP contribution is -2.20. The highest BCUT2D eigenvalue weighted by molar-refractivity contribution is 7.26. The molecule has 12 rings (SSSR count). The SMILES string of the molecule is C1=CC(c2ccc3sc4ccccc4c3c2)CC(N(c2ccc3sc4ccccc4c3c2)c2cc(-c3cc4ccccc4c4ccccc34)ccc2-c2ccccc2)=C1. The van der Waals surface area contributed by atoms with Crippen molar-refractivity contribution in [1.29, 1.82) is 0 Å². The lowest BCUT2D eigenvalue weighted by molar-refractivity contribution is 0.796. The van der Waals surface area contributed by atoms with E-state index in [-0.39, 0.29) is 5.92 Å². The first-order chi connectivity index (χ1) is 29.2. The van der Waals surface area contributed by atoms with Crippen molar-refractivity contribution in [2.45, 2.75) is 12.3 Å². The fourth-order valence-corrected chi connectivity index (χ4v) is 11.6. The van der Waals surface area contributed by atoms with Crippen LogP contribution in [0.3, 0.4) is 0 Å². The molecule has 1 unspecified atom stereocenters. The van der Waals surface area contributed by atoms with Crippen molar-refractivity contribution in [2.24, 2.45) is 0 Å². The summed E-state index contributed by atoms with van der Waals surface area (Å²) < 4.78 is 5.31. The molecule has 0 bridgehead atoms. The Labute approximate surface area is 351 Å². The molecule has 2 aromatic heterocycles. The van der Waals surface area contributed by atoms with Crippen LogP contribution in [0.25, 0.3) is 84.1 Å². The van der Waals surface area contributed by atoms with Crippen LogP contribution in [0.15, 0.2) is 212 Å². The molecule has 0 aliphatic heterocycles. The molecule has 2 heterocycles.